The van der Waals surface area contributed by atoms with Crippen molar-refractivity contribution in [3.05, 3.63) is 0 Å². The van der Waals surface area contributed by atoms with Crippen molar-refractivity contribution in [2.24, 2.45) is 5.73 Å². The molecule has 0 bridgehead atoms. The van der Waals surface area contributed by atoms with Crippen molar-refractivity contribution >= 4 is 17.6 Å². The Bertz CT molecular complexity index is 434. The maximum Gasteiger partial charge on any atom is 0.237 e. The smallest absolute Gasteiger partial charge is 0.237 e. The average Bonchev–Trinajstić information content (AvgIpc) is 2.67. The molecule has 0 aromatic rings. The first-order chi connectivity index (χ1) is 13.5. The highest BCUT2D eigenvalue weighted by Crippen LogP contribution is 1.97. The summed E-state index contributed by atoms with van der Waals surface area (Å²) in [5, 5.41) is 15.1. The Balaban J connectivity index is 3.61. The van der Waals surface area contributed by atoms with Crippen LogP contribution in [0.1, 0.15) is 45.4 Å². The topological polar surface area (TPSA) is 137 Å². The fourth-order valence-electron chi connectivity index (χ4n) is 2.52. The minimum atomic E-state index is -0.414. The summed E-state index contributed by atoms with van der Waals surface area (Å²) in [6.45, 7) is 6.63. The summed E-state index contributed by atoms with van der Waals surface area (Å²) < 4.78 is 0. The number of likely N-dealkylation sites (N-methyl/N-ethyl adjacent to an activating group) is 1. The van der Waals surface area contributed by atoms with Crippen LogP contribution < -0.4 is 32.3 Å². The summed E-state index contributed by atoms with van der Waals surface area (Å²) >= 11 is 0. The van der Waals surface area contributed by atoms with Crippen LogP contribution in [0.2, 0.25) is 0 Å². The minimum Gasteiger partial charge on any atom is -0.355 e. The van der Waals surface area contributed by atoms with Gasteiger partial charge in [-0.25, -0.2) is 0 Å². The summed E-state index contributed by atoms with van der Waals surface area (Å²) in [6, 6.07) is -0.414. The van der Waals surface area contributed by atoms with Gasteiger partial charge in [0, 0.05) is 13.0 Å². The molecule has 28 heavy (non-hydrogen) atoms. The van der Waals surface area contributed by atoms with E-state index in [1.165, 1.54) is 6.92 Å². The second-order valence-corrected chi connectivity index (χ2v) is 6.85. The van der Waals surface area contributed by atoms with Crippen LogP contribution in [0.15, 0.2) is 0 Å². The van der Waals surface area contributed by atoms with Gasteiger partial charge in [-0.2, -0.15) is 0 Å². The zero-order valence-electron chi connectivity index (χ0n) is 17.6. The summed E-state index contributed by atoms with van der Waals surface area (Å²) in [4.78, 5) is 34.6. The lowest BCUT2D eigenvalue weighted by Crippen LogP contribution is -2.44. The fourth-order valence-corrected chi connectivity index (χ4v) is 2.52. The van der Waals surface area contributed by atoms with E-state index in [1.54, 1.807) is 7.05 Å². The SMILES string of the molecule is CNC(CCC(=O)NCC(C)=O)C(=O)NCCCNCCCCNCCCN. The lowest BCUT2D eigenvalue weighted by atomic mass is 10.1. The molecule has 0 aromatic heterocycles. The molecule has 0 aliphatic carbocycles. The van der Waals surface area contributed by atoms with E-state index in [0.29, 0.717) is 13.0 Å². The molecule has 164 valence electrons. The Morgan fingerprint density at radius 2 is 1.46 bits per heavy atom. The van der Waals surface area contributed by atoms with Gasteiger partial charge in [-0.05, 0) is 78.8 Å². The van der Waals surface area contributed by atoms with Gasteiger partial charge in [0.1, 0.15) is 5.78 Å². The third kappa shape index (κ3) is 16.6. The number of unbranched alkanes of at least 4 members (excludes halogenated alkanes) is 1. The Hall–Kier alpha value is -1.55. The molecule has 1 atom stereocenters. The molecule has 0 spiro atoms. The van der Waals surface area contributed by atoms with Crippen LogP contribution in [-0.2, 0) is 14.4 Å². The van der Waals surface area contributed by atoms with Crippen LogP contribution in [0.25, 0.3) is 0 Å². The van der Waals surface area contributed by atoms with Crippen molar-refractivity contribution in [2.75, 3.05) is 52.9 Å². The Morgan fingerprint density at radius 3 is 2.04 bits per heavy atom. The molecular weight excluding hydrogens is 360 g/mol. The zero-order valence-corrected chi connectivity index (χ0v) is 17.6. The normalized spacial score (nSPS) is 11.8. The van der Waals surface area contributed by atoms with Crippen LogP contribution in [0.4, 0.5) is 0 Å². The third-order valence-electron chi connectivity index (χ3n) is 4.20. The van der Waals surface area contributed by atoms with Crippen LogP contribution in [-0.4, -0.2) is 76.5 Å². The molecule has 9 nitrogen and oxygen atoms in total. The van der Waals surface area contributed by atoms with Gasteiger partial charge in [0.15, 0.2) is 0 Å². The van der Waals surface area contributed by atoms with E-state index < -0.39 is 6.04 Å². The zero-order chi connectivity index (χ0) is 21.0. The van der Waals surface area contributed by atoms with E-state index in [9.17, 15) is 14.4 Å². The number of nitrogens with two attached hydrogens (primary N) is 1. The van der Waals surface area contributed by atoms with Gasteiger partial charge in [0.05, 0.1) is 12.6 Å². The number of carbonyl (C=O) groups excluding carboxylic acids is 3. The maximum absolute atomic E-state index is 12.1. The lowest BCUT2D eigenvalue weighted by molar-refractivity contribution is -0.125. The minimum absolute atomic E-state index is 0.0348. The maximum atomic E-state index is 12.1. The molecule has 0 radical (unpaired) electrons. The Morgan fingerprint density at radius 1 is 0.857 bits per heavy atom. The number of hydrogen-bond donors (Lipinski definition) is 6. The van der Waals surface area contributed by atoms with Gasteiger partial charge in [-0.1, -0.05) is 0 Å². The van der Waals surface area contributed by atoms with Gasteiger partial charge >= 0.3 is 0 Å². The van der Waals surface area contributed by atoms with Gasteiger partial charge in [0.25, 0.3) is 0 Å². The quantitative estimate of drug-likeness (QED) is 0.151. The monoisotopic (exact) mass is 400 g/mol. The van der Waals surface area contributed by atoms with Gasteiger partial charge in [0.2, 0.25) is 11.8 Å². The van der Waals surface area contributed by atoms with Crippen molar-refractivity contribution < 1.29 is 14.4 Å². The second-order valence-electron chi connectivity index (χ2n) is 6.85. The average molecular weight is 401 g/mol. The number of hydrogen-bond acceptors (Lipinski definition) is 7. The first-order valence-corrected chi connectivity index (χ1v) is 10.3. The first kappa shape index (κ1) is 26.4. The molecule has 9 heteroatoms. The Kier molecular flexibility index (Phi) is 17.8. The summed E-state index contributed by atoms with van der Waals surface area (Å²) in [6.07, 6.45) is 4.73. The summed E-state index contributed by atoms with van der Waals surface area (Å²) in [5.74, 6) is -0.420. The van der Waals surface area contributed by atoms with E-state index in [1.807, 2.05) is 0 Å². The number of rotatable bonds is 19. The highest BCUT2D eigenvalue weighted by molar-refractivity contribution is 5.85. The molecule has 0 rings (SSSR count). The molecule has 0 aromatic carbocycles. The van der Waals surface area contributed by atoms with Crippen LogP contribution in [0.5, 0.6) is 0 Å². The van der Waals surface area contributed by atoms with Crippen LogP contribution in [0.3, 0.4) is 0 Å². The molecular formula is C19H40N6O3. The van der Waals surface area contributed by atoms with Crippen molar-refractivity contribution in [1.82, 2.24) is 26.6 Å². The number of nitrogens with one attached hydrogen (secondary N) is 5. The standard InChI is InChI=1S/C19H40N6O3/c1-16(26)15-25-18(27)8-7-17(21-2)19(28)24-14-6-13-23-11-4-3-10-22-12-5-9-20/h17,21-23H,3-15,20H2,1-2H3,(H,24,28)(H,25,27). The molecule has 1 unspecified atom stereocenters. The predicted octanol–water partition coefficient (Wildman–Crippen LogP) is -1.13. The fraction of sp³-hybridized carbons (Fsp3) is 0.842. The van der Waals surface area contributed by atoms with E-state index in [2.05, 4.69) is 26.6 Å². The molecule has 0 aliphatic rings. The highest BCUT2D eigenvalue weighted by atomic mass is 16.2. The summed E-state index contributed by atoms with van der Waals surface area (Å²) in [7, 11) is 1.70. The first-order valence-electron chi connectivity index (χ1n) is 10.3. The number of carbonyl (C=O) groups is 3. The van der Waals surface area contributed by atoms with E-state index >= 15 is 0 Å². The highest BCUT2D eigenvalue weighted by Gasteiger charge is 2.17. The molecule has 0 saturated heterocycles. The van der Waals surface area contributed by atoms with Crippen molar-refractivity contribution in [3.8, 4) is 0 Å². The van der Waals surface area contributed by atoms with Crippen molar-refractivity contribution in [3.63, 3.8) is 0 Å². The predicted molar refractivity (Wildman–Crippen MR) is 112 cm³/mol. The molecule has 0 saturated carbocycles. The van der Waals surface area contributed by atoms with Crippen LogP contribution in [0, 0.1) is 0 Å². The van der Waals surface area contributed by atoms with E-state index in [0.717, 1.165) is 58.4 Å². The molecule has 0 heterocycles. The summed E-state index contributed by atoms with van der Waals surface area (Å²) in [5.41, 5.74) is 5.43. The van der Waals surface area contributed by atoms with Gasteiger partial charge in [-0.3, -0.25) is 14.4 Å². The van der Waals surface area contributed by atoms with Crippen molar-refractivity contribution in [1.29, 1.82) is 0 Å². The lowest BCUT2D eigenvalue weighted by Gasteiger charge is -2.16. The van der Waals surface area contributed by atoms with Crippen LogP contribution >= 0.6 is 0 Å². The largest absolute Gasteiger partial charge is 0.355 e. The van der Waals surface area contributed by atoms with E-state index in [4.69, 9.17) is 5.73 Å². The van der Waals surface area contributed by atoms with E-state index in [-0.39, 0.29) is 30.6 Å². The van der Waals surface area contributed by atoms with Gasteiger partial charge < -0.3 is 32.3 Å². The molecule has 2 amide bonds. The Labute approximate surface area is 169 Å². The number of amides is 2. The molecule has 7 N–H and O–H groups in total. The third-order valence-corrected chi connectivity index (χ3v) is 4.20. The van der Waals surface area contributed by atoms with Gasteiger partial charge in [-0.15, -0.1) is 0 Å². The number of ketones is 1. The molecule has 0 aliphatic heterocycles. The molecule has 0 fully saturated rings. The second kappa shape index (κ2) is 18.8. The number of Topliss-reactive ketones (excluding diaryl/α,β-unsaturated/α-hetero) is 1. The van der Waals surface area contributed by atoms with Crippen molar-refractivity contribution in [2.45, 2.75) is 51.5 Å².